The van der Waals surface area contributed by atoms with Gasteiger partial charge in [0.15, 0.2) is 0 Å². The number of likely N-dealkylation sites (tertiary alicyclic amines) is 1. The first-order valence-electron chi connectivity index (χ1n) is 11.3. The monoisotopic (exact) mass is 432 g/mol. The number of rotatable bonds is 4. The van der Waals surface area contributed by atoms with Gasteiger partial charge in [0.1, 0.15) is 11.4 Å². The number of fused-ring (bicyclic) bond motifs is 1. The van der Waals surface area contributed by atoms with Crippen molar-refractivity contribution in [2.75, 3.05) is 46.0 Å². The highest BCUT2D eigenvalue weighted by atomic mass is 16.5. The topological polar surface area (TPSA) is 105 Å². The van der Waals surface area contributed by atoms with E-state index in [1.165, 1.54) is 6.20 Å². The molecule has 9 nitrogen and oxygen atoms in total. The molecule has 2 saturated heterocycles. The maximum absolute atomic E-state index is 13.2. The Balaban J connectivity index is 1.55. The van der Waals surface area contributed by atoms with Gasteiger partial charge in [-0.15, -0.1) is 0 Å². The molecule has 0 radical (unpaired) electrons. The van der Waals surface area contributed by atoms with Crippen LogP contribution in [0, 0.1) is 18.3 Å². The molecule has 0 aromatic carbocycles. The third kappa shape index (κ3) is 4.25. The number of aromatic amines is 1. The molecule has 2 aliphatic heterocycles. The van der Waals surface area contributed by atoms with E-state index < -0.39 is 11.0 Å². The summed E-state index contributed by atoms with van der Waals surface area (Å²) < 4.78 is 11.0. The molecule has 1 amide bonds. The Kier molecular flexibility index (Phi) is 6.43. The van der Waals surface area contributed by atoms with E-state index in [9.17, 15) is 14.4 Å². The molecular weight excluding hydrogens is 400 g/mol. The van der Waals surface area contributed by atoms with Gasteiger partial charge < -0.3 is 19.4 Å². The number of esters is 1. The summed E-state index contributed by atoms with van der Waals surface area (Å²) >= 11 is 0. The van der Waals surface area contributed by atoms with Crippen molar-refractivity contribution in [2.24, 2.45) is 11.3 Å². The molecule has 9 heteroatoms. The Labute approximate surface area is 182 Å². The Morgan fingerprint density at radius 3 is 2.77 bits per heavy atom. The van der Waals surface area contributed by atoms with E-state index in [2.05, 4.69) is 14.9 Å². The second-order valence-electron chi connectivity index (χ2n) is 8.88. The molecule has 0 spiro atoms. The Morgan fingerprint density at radius 1 is 1.29 bits per heavy atom. The van der Waals surface area contributed by atoms with Gasteiger partial charge in [0.25, 0.3) is 11.5 Å². The van der Waals surface area contributed by atoms with E-state index in [-0.39, 0.29) is 23.4 Å². The second-order valence-corrected chi connectivity index (χ2v) is 8.88. The fourth-order valence-corrected chi connectivity index (χ4v) is 5.50. The van der Waals surface area contributed by atoms with Gasteiger partial charge >= 0.3 is 5.97 Å². The molecule has 3 fully saturated rings. The van der Waals surface area contributed by atoms with Crippen LogP contribution in [0.4, 0.5) is 0 Å². The smallest absolute Gasteiger partial charge is 0.314 e. The summed E-state index contributed by atoms with van der Waals surface area (Å²) in [7, 11) is 0. The van der Waals surface area contributed by atoms with Gasteiger partial charge in [-0.2, -0.15) is 0 Å². The number of ether oxygens (including phenoxy) is 2. The number of carbonyl (C=O) groups is 2. The maximum Gasteiger partial charge on any atom is 0.314 e. The Bertz CT molecular complexity index is 881. The van der Waals surface area contributed by atoms with E-state index in [0.717, 1.165) is 45.6 Å². The fourth-order valence-electron chi connectivity index (χ4n) is 5.50. The normalized spacial score (nSPS) is 29.3. The molecule has 1 aromatic heterocycles. The molecule has 0 bridgehead atoms. The largest absolute Gasteiger partial charge is 0.466 e. The van der Waals surface area contributed by atoms with E-state index in [0.29, 0.717) is 38.0 Å². The summed E-state index contributed by atoms with van der Waals surface area (Å²) in [6.07, 6.45) is 4.56. The van der Waals surface area contributed by atoms with E-state index in [4.69, 9.17) is 9.47 Å². The minimum absolute atomic E-state index is 0.0186. The molecular formula is C22H32N4O5. The zero-order valence-corrected chi connectivity index (χ0v) is 18.4. The molecule has 31 heavy (non-hydrogen) atoms. The zero-order chi connectivity index (χ0) is 22.0. The first kappa shape index (κ1) is 22.0. The quantitative estimate of drug-likeness (QED) is 0.707. The van der Waals surface area contributed by atoms with Gasteiger partial charge in [-0.05, 0) is 45.4 Å². The number of hydrogen-bond acceptors (Lipinski definition) is 7. The number of amides is 1. The third-order valence-electron chi connectivity index (χ3n) is 7.17. The van der Waals surface area contributed by atoms with Gasteiger partial charge in [-0.25, -0.2) is 4.98 Å². The van der Waals surface area contributed by atoms with Crippen LogP contribution in [0.15, 0.2) is 11.0 Å². The van der Waals surface area contributed by atoms with Crippen molar-refractivity contribution in [3.05, 3.63) is 27.9 Å². The van der Waals surface area contributed by atoms with Crippen LogP contribution in [0.1, 0.15) is 48.8 Å². The number of piperidine rings is 1. The highest BCUT2D eigenvalue weighted by Gasteiger charge is 2.54. The number of hydrogen-bond donors (Lipinski definition) is 1. The lowest BCUT2D eigenvalue weighted by atomic mass is 9.61. The van der Waals surface area contributed by atoms with E-state index in [1.54, 1.807) is 11.8 Å². The lowest BCUT2D eigenvalue weighted by molar-refractivity contribution is -0.168. The predicted octanol–water partition coefficient (Wildman–Crippen LogP) is 0.975. The van der Waals surface area contributed by atoms with Crippen molar-refractivity contribution in [3.8, 4) is 0 Å². The Morgan fingerprint density at radius 2 is 2.06 bits per heavy atom. The summed E-state index contributed by atoms with van der Waals surface area (Å²) in [5.41, 5.74) is -1.14. The van der Waals surface area contributed by atoms with Gasteiger partial charge in [0, 0.05) is 38.4 Å². The number of aryl methyl sites for hydroxylation is 1. The molecule has 3 aliphatic rings. The van der Waals surface area contributed by atoms with Gasteiger partial charge in [-0.1, -0.05) is 0 Å². The van der Waals surface area contributed by atoms with Crippen LogP contribution in [-0.2, 0) is 14.3 Å². The molecule has 3 heterocycles. The van der Waals surface area contributed by atoms with E-state index >= 15 is 0 Å². The van der Waals surface area contributed by atoms with Crippen molar-refractivity contribution < 1.29 is 19.1 Å². The van der Waals surface area contributed by atoms with Crippen molar-refractivity contribution in [1.82, 2.24) is 19.8 Å². The van der Waals surface area contributed by atoms with Crippen LogP contribution in [0.2, 0.25) is 0 Å². The molecule has 0 unspecified atom stereocenters. The van der Waals surface area contributed by atoms with E-state index in [1.807, 2.05) is 6.92 Å². The third-order valence-corrected chi connectivity index (χ3v) is 7.17. The number of aromatic nitrogens is 2. The van der Waals surface area contributed by atoms with Gasteiger partial charge in [0.2, 0.25) is 0 Å². The zero-order valence-electron chi connectivity index (χ0n) is 18.4. The lowest BCUT2D eigenvalue weighted by Gasteiger charge is -2.52. The summed E-state index contributed by atoms with van der Waals surface area (Å²) in [5, 5.41) is 0. The average Bonchev–Trinajstić information content (AvgIpc) is 2.78. The molecule has 1 N–H and O–H groups in total. The van der Waals surface area contributed by atoms with Crippen molar-refractivity contribution >= 4 is 11.9 Å². The number of nitrogens with one attached hydrogen (secondary N) is 1. The lowest BCUT2D eigenvalue weighted by Crippen LogP contribution is -2.60. The summed E-state index contributed by atoms with van der Waals surface area (Å²) in [4.78, 5) is 49.4. The number of carbonyl (C=O) groups excluding carboxylic acids is 2. The number of H-pyrrole nitrogens is 1. The first-order valence-corrected chi connectivity index (χ1v) is 11.3. The molecule has 1 aromatic rings. The minimum atomic E-state index is -0.711. The van der Waals surface area contributed by atoms with Crippen LogP contribution >= 0.6 is 0 Å². The van der Waals surface area contributed by atoms with Crippen molar-refractivity contribution in [3.63, 3.8) is 0 Å². The summed E-state index contributed by atoms with van der Waals surface area (Å²) in [6.45, 7) is 7.98. The highest BCUT2D eigenvalue weighted by molar-refractivity contribution is 5.94. The van der Waals surface area contributed by atoms with Crippen molar-refractivity contribution in [1.29, 1.82) is 0 Å². The van der Waals surface area contributed by atoms with Crippen molar-refractivity contribution in [2.45, 2.75) is 45.6 Å². The van der Waals surface area contributed by atoms with Gasteiger partial charge in [-0.3, -0.25) is 19.3 Å². The molecule has 4 rings (SSSR count). The molecule has 1 saturated carbocycles. The van der Waals surface area contributed by atoms with Crippen LogP contribution in [0.3, 0.4) is 0 Å². The Hall–Kier alpha value is -2.26. The van der Waals surface area contributed by atoms with Crippen LogP contribution in [0.5, 0.6) is 0 Å². The summed E-state index contributed by atoms with van der Waals surface area (Å²) in [6, 6.07) is 0.433. The summed E-state index contributed by atoms with van der Waals surface area (Å²) in [5.74, 6) is 0.0383. The molecule has 1 aliphatic carbocycles. The number of morpholine rings is 1. The fraction of sp³-hybridized carbons (Fsp3) is 0.727. The first-order chi connectivity index (χ1) is 14.9. The number of nitrogens with zero attached hydrogens (tertiary/aromatic N) is 3. The maximum atomic E-state index is 13.2. The van der Waals surface area contributed by atoms with Crippen LogP contribution in [0.25, 0.3) is 0 Å². The molecule has 170 valence electrons. The molecule has 3 atom stereocenters. The minimum Gasteiger partial charge on any atom is -0.466 e. The van der Waals surface area contributed by atoms with Crippen LogP contribution < -0.4 is 5.56 Å². The average molecular weight is 433 g/mol. The van der Waals surface area contributed by atoms with Gasteiger partial charge in [0.05, 0.1) is 25.2 Å². The highest BCUT2D eigenvalue weighted by Crippen LogP contribution is 2.48. The second kappa shape index (κ2) is 9.08. The standard InChI is InChI=1S/C22H32N4O5/c1-3-31-21(29)22-6-4-17(25-8-10-30-11-9-25)12-16(22)5-7-26(14-22)20(28)18-13-23-15(2)24-19(18)27/h13,16-17H,3-12,14H2,1-2H3,(H,23,24,27)/t16-,17+,22-/m1/s1. The van der Waals surface area contributed by atoms with Crippen LogP contribution in [-0.4, -0.2) is 83.7 Å². The SMILES string of the molecule is CCOC(=O)[C@@]12CC[C@H](N3CCOCC3)C[C@H]1CCN(C(=O)c1cnc(C)[nH]c1=O)C2. The predicted molar refractivity (Wildman–Crippen MR) is 113 cm³/mol.